The van der Waals surface area contributed by atoms with E-state index in [4.69, 9.17) is 14.2 Å². The monoisotopic (exact) mass is 597 g/mol. The van der Waals surface area contributed by atoms with Gasteiger partial charge in [-0.25, -0.2) is 8.42 Å². The molecule has 4 atom stereocenters. The molecule has 0 aromatic heterocycles. The summed E-state index contributed by atoms with van der Waals surface area (Å²) in [6.07, 6.45) is 13.4. The molecule has 0 aromatic carbocycles. The van der Waals surface area contributed by atoms with Crippen molar-refractivity contribution < 1.29 is 22.6 Å². The Morgan fingerprint density at radius 2 is 1.28 bits per heavy atom. The number of morpholine rings is 1. The maximum Gasteiger partial charge on any atom is 0.152 e. The van der Waals surface area contributed by atoms with Crippen LogP contribution in [0, 0.1) is 23.7 Å². The Morgan fingerprint density at radius 1 is 0.769 bits per heavy atom. The van der Waals surface area contributed by atoms with E-state index in [2.05, 4.69) is 39.5 Å². The molecule has 1 saturated heterocycles. The van der Waals surface area contributed by atoms with Crippen LogP contribution in [0.15, 0.2) is 0 Å². The summed E-state index contributed by atoms with van der Waals surface area (Å²) in [6.45, 7) is 16.9. The van der Waals surface area contributed by atoms with Crippen LogP contribution in [0.5, 0.6) is 0 Å². The van der Waals surface area contributed by atoms with E-state index in [1.165, 1.54) is 57.8 Å². The van der Waals surface area contributed by atoms with Gasteiger partial charge in [0.15, 0.2) is 9.84 Å². The summed E-state index contributed by atoms with van der Waals surface area (Å²) in [4.78, 5) is 2.27. The van der Waals surface area contributed by atoms with E-state index in [0.717, 1.165) is 57.0 Å². The third-order valence-corrected chi connectivity index (χ3v) is 9.92. The molecule has 0 bridgehead atoms. The van der Waals surface area contributed by atoms with Crippen LogP contribution >= 0.6 is 12.4 Å². The lowest BCUT2D eigenvalue weighted by Crippen LogP contribution is -2.37. The van der Waals surface area contributed by atoms with Gasteiger partial charge in [-0.3, -0.25) is 4.90 Å². The molecule has 0 N–H and O–H groups in total. The van der Waals surface area contributed by atoms with Crippen LogP contribution in [-0.4, -0.2) is 84.1 Å². The van der Waals surface area contributed by atoms with Crippen LogP contribution in [0.3, 0.4) is 0 Å². The van der Waals surface area contributed by atoms with Crippen LogP contribution in [-0.2, 0) is 24.0 Å². The molecular weight excluding hydrogens is 534 g/mol. The molecular formula is C31H64ClNO5S. The number of rotatable bonds is 24. The highest BCUT2D eigenvalue weighted by molar-refractivity contribution is 7.91. The van der Waals surface area contributed by atoms with E-state index in [1.54, 1.807) is 7.11 Å². The second-order valence-corrected chi connectivity index (χ2v) is 14.9. The molecule has 0 aliphatic carbocycles. The van der Waals surface area contributed by atoms with Crippen molar-refractivity contribution in [3.05, 3.63) is 0 Å². The fourth-order valence-corrected chi connectivity index (χ4v) is 6.85. The Bertz CT molecular complexity index is 657. The maximum absolute atomic E-state index is 12.5. The number of ether oxygens (including phenoxy) is 3. The lowest BCUT2D eigenvalue weighted by molar-refractivity contribution is 0.0162. The Hall–Kier alpha value is 0.0800. The summed E-state index contributed by atoms with van der Waals surface area (Å²) in [5, 5.41) is 0. The summed E-state index contributed by atoms with van der Waals surface area (Å²) in [5.41, 5.74) is 0. The number of hydrogen-bond donors (Lipinski definition) is 0. The fraction of sp³-hybridized carbons (Fsp3) is 1.00. The average Bonchev–Trinajstić information content (AvgIpc) is 2.86. The van der Waals surface area contributed by atoms with Crippen molar-refractivity contribution in [2.24, 2.45) is 23.7 Å². The van der Waals surface area contributed by atoms with E-state index in [1.807, 2.05) is 0 Å². The SMILES string of the molecule is COC(COCCC(C)CCCC(C)CCCC(C)CCCC(C)C)CS(=O)(=O)CCCN1CCOCC1.Cl. The van der Waals surface area contributed by atoms with Crippen molar-refractivity contribution in [2.45, 2.75) is 111 Å². The highest BCUT2D eigenvalue weighted by Gasteiger charge is 2.20. The van der Waals surface area contributed by atoms with Crippen LogP contribution in [0.1, 0.15) is 105 Å². The molecule has 39 heavy (non-hydrogen) atoms. The molecule has 0 aromatic rings. The molecule has 0 saturated carbocycles. The van der Waals surface area contributed by atoms with Gasteiger partial charge in [-0.15, -0.1) is 12.4 Å². The molecule has 1 heterocycles. The fourth-order valence-electron chi connectivity index (χ4n) is 5.32. The minimum atomic E-state index is -3.15. The van der Waals surface area contributed by atoms with Gasteiger partial charge in [-0.2, -0.15) is 0 Å². The van der Waals surface area contributed by atoms with Crippen molar-refractivity contribution in [1.29, 1.82) is 0 Å². The van der Waals surface area contributed by atoms with E-state index in [0.29, 0.717) is 25.6 Å². The molecule has 1 aliphatic heterocycles. The predicted octanol–water partition coefficient (Wildman–Crippen LogP) is 7.04. The van der Waals surface area contributed by atoms with Crippen LogP contribution in [0.25, 0.3) is 0 Å². The molecule has 0 spiro atoms. The van der Waals surface area contributed by atoms with Gasteiger partial charge in [0.1, 0.15) is 0 Å². The van der Waals surface area contributed by atoms with Gasteiger partial charge >= 0.3 is 0 Å². The molecule has 1 fully saturated rings. The summed E-state index contributed by atoms with van der Waals surface area (Å²) >= 11 is 0. The molecule has 1 aliphatic rings. The second-order valence-electron chi connectivity index (χ2n) is 12.6. The van der Waals surface area contributed by atoms with Crippen molar-refractivity contribution in [3.8, 4) is 0 Å². The van der Waals surface area contributed by atoms with Crippen LogP contribution in [0.4, 0.5) is 0 Å². The quantitative estimate of drug-likeness (QED) is 0.111. The zero-order chi connectivity index (χ0) is 28.2. The van der Waals surface area contributed by atoms with E-state index in [-0.39, 0.29) is 23.9 Å². The number of methoxy groups -OCH3 is 1. The van der Waals surface area contributed by atoms with Gasteiger partial charge in [0.05, 0.1) is 37.4 Å². The molecule has 0 radical (unpaired) electrons. The summed E-state index contributed by atoms with van der Waals surface area (Å²) < 4.78 is 41.7. The smallest absolute Gasteiger partial charge is 0.152 e. The Labute approximate surface area is 249 Å². The maximum atomic E-state index is 12.5. The second kappa shape index (κ2) is 23.6. The first kappa shape index (κ1) is 39.1. The molecule has 1 rings (SSSR count). The first-order valence-corrected chi connectivity index (χ1v) is 17.5. The molecule has 6 nitrogen and oxygen atoms in total. The summed E-state index contributed by atoms with van der Waals surface area (Å²) in [6, 6.07) is 0. The largest absolute Gasteiger partial charge is 0.379 e. The highest BCUT2D eigenvalue weighted by atomic mass is 35.5. The van der Waals surface area contributed by atoms with E-state index >= 15 is 0 Å². The first-order valence-electron chi connectivity index (χ1n) is 15.7. The minimum Gasteiger partial charge on any atom is -0.379 e. The zero-order valence-corrected chi connectivity index (χ0v) is 28.0. The Balaban J connectivity index is 0.0000144. The van der Waals surface area contributed by atoms with Crippen molar-refractivity contribution in [2.75, 3.05) is 64.7 Å². The molecule has 0 amide bonds. The zero-order valence-electron chi connectivity index (χ0n) is 26.3. The lowest BCUT2D eigenvalue weighted by atomic mass is 9.91. The van der Waals surface area contributed by atoms with Crippen molar-refractivity contribution in [1.82, 2.24) is 4.90 Å². The number of nitrogens with zero attached hydrogens (tertiary/aromatic N) is 1. The highest BCUT2D eigenvalue weighted by Crippen LogP contribution is 2.22. The number of sulfone groups is 1. The Kier molecular flexibility index (Phi) is 23.7. The average molecular weight is 598 g/mol. The number of hydrogen-bond acceptors (Lipinski definition) is 6. The molecule has 236 valence electrons. The van der Waals surface area contributed by atoms with Gasteiger partial charge < -0.3 is 14.2 Å². The topological polar surface area (TPSA) is 65.1 Å². The third-order valence-electron chi connectivity index (χ3n) is 8.13. The van der Waals surface area contributed by atoms with Crippen molar-refractivity contribution in [3.63, 3.8) is 0 Å². The molecule has 4 unspecified atom stereocenters. The number of halogens is 1. The van der Waals surface area contributed by atoms with Gasteiger partial charge in [-0.1, -0.05) is 92.4 Å². The van der Waals surface area contributed by atoms with Crippen molar-refractivity contribution >= 4 is 22.2 Å². The standard InChI is InChI=1S/C31H63NO5S.ClH/c1-27(2)11-7-12-28(3)13-8-14-29(4)15-9-16-30(5)17-21-37-25-31(35-6)26-38(33,34)24-10-18-32-19-22-36-23-20-32;/h27-31H,7-26H2,1-6H3;1H. The summed E-state index contributed by atoms with van der Waals surface area (Å²) in [7, 11) is -1.57. The summed E-state index contributed by atoms with van der Waals surface area (Å²) in [5.74, 6) is 3.41. The van der Waals surface area contributed by atoms with E-state index in [9.17, 15) is 8.42 Å². The van der Waals surface area contributed by atoms with Crippen LogP contribution in [0.2, 0.25) is 0 Å². The van der Waals surface area contributed by atoms with Gasteiger partial charge in [0, 0.05) is 26.8 Å². The lowest BCUT2D eigenvalue weighted by Gasteiger charge is -2.26. The Morgan fingerprint density at radius 3 is 1.79 bits per heavy atom. The first-order chi connectivity index (χ1) is 18.1. The van der Waals surface area contributed by atoms with Gasteiger partial charge in [-0.05, 0) is 43.1 Å². The normalized spacial score (nSPS) is 18.0. The minimum absolute atomic E-state index is 0. The van der Waals surface area contributed by atoms with Gasteiger partial charge in [0.25, 0.3) is 0 Å². The van der Waals surface area contributed by atoms with Gasteiger partial charge in [0.2, 0.25) is 0 Å². The third kappa shape index (κ3) is 22.4. The molecule has 8 heteroatoms. The van der Waals surface area contributed by atoms with Crippen LogP contribution < -0.4 is 0 Å². The van der Waals surface area contributed by atoms with E-state index < -0.39 is 15.9 Å². The predicted molar refractivity (Wildman–Crippen MR) is 168 cm³/mol.